The molecule has 2 rings (SSSR count). The van der Waals surface area contributed by atoms with E-state index in [1.165, 1.54) is 11.1 Å². The number of hydrogen-bond acceptors (Lipinski definition) is 4. The number of aryl methyl sites for hydroxylation is 2. The fraction of sp³-hybridized carbons (Fsp3) is 0.438. The van der Waals surface area contributed by atoms with Gasteiger partial charge in [0.15, 0.2) is 0 Å². The largest absolute Gasteiger partial charge is 0.329 e. The summed E-state index contributed by atoms with van der Waals surface area (Å²) in [6.07, 6.45) is 1.04. The van der Waals surface area contributed by atoms with E-state index in [2.05, 4.69) is 53.5 Å². The first-order valence-electron chi connectivity index (χ1n) is 7.04. The molecule has 0 bridgehead atoms. The summed E-state index contributed by atoms with van der Waals surface area (Å²) in [6, 6.07) is 8.82. The maximum Gasteiger partial charge on any atom is 0.0897 e. The van der Waals surface area contributed by atoms with Crippen LogP contribution < -0.4 is 5.73 Å². The molecule has 0 aliphatic heterocycles. The van der Waals surface area contributed by atoms with Gasteiger partial charge in [-0.2, -0.15) is 0 Å². The van der Waals surface area contributed by atoms with Crippen molar-refractivity contribution in [1.29, 1.82) is 0 Å². The lowest BCUT2D eigenvalue weighted by molar-refractivity contribution is 0.238. The van der Waals surface area contributed by atoms with Crippen LogP contribution in [0.1, 0.15) is 34.8 Å². The van der Waals surface area contributed by atoms with Crippen molar-refractivity contribution in [2.75, 3.05) is 13.6 Å². The Kier molecular flexibility index (Phi) is 5.29. The molecular formula is C16H23N3S. The second-order valence-corrected chi connectivity index (χ2v) is 6.14. The lowest BCUT2D eigenvalue weighted by Crippen LogP contribution is -2.31. The predicted molar refractivity (Wildman–Crippen MR) is 85.9 cm³/mol. The fourth-order valence-corrected chi connectivity index (χ4v) is 3.18. The van der Waals surface area contributed by atoms with Gasteiger partial charge < -0.3 is 5.73 Å². The fourth-order valence-electron chi connectivity index (χ4n) is 2.57. The van der Waals surface area contributed by atoms with Crippen molar-refractivity contribution in [2.24, 2.45) is 5.73 Å². The van der Waals surface area contributed by atoms with Gasteiger partial charge in [0.05, 0.1) is 10.7 Å². The molecule has 0 aliphatic carbocycles. The number of thiazole rings is 1. The highest BCUT2D eigenvalue weighted by Gasteiger charge is 2.18. The van der Waals surface area contributed by atoms with Gasteiger partial charge in [-0.1, -0.05) is 31.2 Å². The van der Waals surface area contributed by atoms with Crippen LogP contribution in [0.25, 0.3) is 0 Å². The van der Waals surface area contributed by atoms with Gasteiger partial charge in [-0.25, -0.2) is 4.98 Å². The van der Waals surface area contributed by atoms with Crippen molar-refractivity contribution >= 4 is 11.3 Å². The van der Waals surface area contributed by atoms with E-state index in [-0.39, 0.29) is 6.04 Å². The summed E-state index contributed by atoms with van der Waals surface area (Å²) < 4.78 is 0. The summed E-state index contributed by atoms with van der Waals surface area (Å²) in [5.41, 5.74) is 9.87. The standard InChI is InChI=1S/C16H23N3S/c1-4-13-7-5-6-8-15(13)16(9-17)19(3)10-14-11-20-12(2)18-14/h5-8,11,16H,4,9-10,17H2,1-3H3. The molecule has 108 valence electrons. The highest BCUT2D eigenvalue weighted by Crippen LogP contribution is 2.24. The number of nitrogens with two attached hydrogens (primary N) is 1. The lowest BCUT2D eigenvalue weighted by Gasteiger charge is -2.28. The van der Waals surface area contributed by atoms with E-state index >= 15 is 0 Å². The highest BCUT2D eigenvalue weighted by molar-refractivity contribution is 7.09. The van der Waals surface area contributed by atoms with Gasteiger partial charge in [0.1, 0.15) is 0 Å². The summed E-state index contributed by atoms with van der Waals surface area (Å²) >= 11 is 1.70. The summed E-state index contributed by atoms with van der Waals surface area (Å²) in [5.74, 6) is 0. The van der Waals surface area contributed by atoms with Crippen molar-refractivity contribution in [3.05, 3.63) is 51.5 Å². The van der Waals surface area contributed by atoms with E-state index in [0.29, 0.717) is 6.54 Å². The molecule has 20 heavy (non-hydrogen) atoms. The Hall–Kier alpha value is -1.23. The smallest absolute Gasteiger partial charge is 0.0897 e. The Morgan fingerprint density at radius 2 is 2.10 bits per heavy atom. The zero-order chi connectivity index (χ0) is 14.5. The van der Waals surface area contributed by atoms with E-state index in [4.69, 9.17) is 5.73 Å². The van der Waals surface area contributed by atoms with Crippen molar-refractivity contribution in [2.45, 2.75) is 32.9 Å². The van der Waals surface area contributed by atoms with Gasteiger partial charge in [-0.05, 0) is 31.5 Å². The zero-order valence-electron chi connectivity index (χ0n) is 12.5. The van der Waals surface area contributed by atoms with Crippen LogP contribution in [0.2, 0.25) is 0 Å². The normalized spacial score (nSPS) is 12.8. The van der Waals surface area contributed by atoms with Crippen LogP contribution in [0.4, 0.5) is 0 Å². The summed E-state index contributed by atoms with van der Waals surface area (Å²) in [7, 11) is 2.12. The Bertz CT molecular complexity index is 550. The second-order valence-electron chi connectivity index (χ2n) is 5.08. The van der Waals surface area contributed by atoms with Crippen LogP contribution in [0.3, 0.4) is 0 Å². The number of benzene rings is 1. The molecule has 1 aromatic carbocycles. The quantitative estimate of drug-likeness (QED) is 0.888. The molecule has 3 nitrogen and oxygen atoms in total. The van der Waals surface area contributed by atoms with E-state index < -0.39 is 0 Å². The molecule has 1 aromatic heterocycles. The zero-order valence-corrected chi connectivity index (χ0v) is 13.3. The first-order chi connectivity index (χ1) is 9.65. The van der Waals surface area contributed by atoms with Gasteiger partial charge in [-0.15, -0.1) is 11.3 Å². The van der Waals surface area contributed by atoms with Gasteiger partial charge in [0, 0.05) is 24.5 Å². The van der Waals surface area contributed by atoms with E-state index in [0.717, 1.165) is 23.7 Å². The van der Waals surface area contributed by atoms with Crippen LogP contribution in [-0.4, -0.2) is 23.5 Å². The Morgan fingerprint density at radius 3 is 2.70 bits per heavy atom. The average Bonchev–Trinajstić information content (AvgIpc) is 2.85. The Balaban J connectivity index is 2.18. The molecule has 0 radical (unpaired) electrons. The van der Waals surface area contributed by atoms with Crippen LogP contribution in [0, 0.1) is 6.92 Å². The molecule has 1 unspecified atom stereocenters. The number of likely N-dealkylation sites (N-methyl/N-ethyl adjacent to an activating group) is 1. The molecule has 0 saturated heterocycles. The number of nitrogens with zero attached hydrogens (tertiary/aromatic N) is 2. The van der Waals surface area contributed by atoms with Crippen molar-refractivity contribution in [1.82, 2.24) is 9.88 Å². The van der Waals surface area contributed by atoms with E-state index in [1.54, 1.807) is 11.3 Å². The molecule has 1 atom stereocenters. The SMILES string of the molecule is CCc1ccccc1C(CN)N(C)Cc1csc(C)n1. The van der Waals surface area contributed by atoms with Gasteiger partial charge >= 0.3 is 0 Å². The van der Waals surface area contributed by atoms with Gasteiger partial charge in [0.2, 0.25) is 0 Å². The third-order valence-electron chi connectivity index (χ3n) is 3.63. The molecule has 0 aliphatic rings. The first kappa shape index (κ1) is 15.2. The molecule has 2 aromatic rings. The number of aromatic nitrogens is 1. The lowest BCUT2D eigenvalue weighted by atomic mass is 9.97. The summed E-state index contributed by atoms with van der Waals surface area (Å²) in [6.45, 7) is 5.69. The van der Waals surface area contributed by atoms with Gasteiger partial charge in [-0.3, -0.25) is 4.90 Å². The molecule has 0 amide bonds. The molecular weight excluding hydrogens is 266 g/mol. The van der Waals surface area contributed by atoms with Crippen LogP contribution in [0.15, 0.2) is 29.6 Å². The van der Waals surface area contributed by atoms with E-state index in [9.17, 15) is 0 Å². The van der Waals surface area contributed by atoms with Crippen LogP contribution in [0.5, 0.6) is 0 Å². The molecule has 4 heteroatoms. The third-order valence-corrected chi connectivity index (χ3v) is 4.45. The van der Waals surface area contributed by atoms with Crippen LogP contribution >= 0.6 is 11.3 Å². The monoisotopic (exact) mass is 289 g/mol. The van der Waals surface area contributed by atoms with Crippen molar-refractivity contribution in [3.63, 3.8) is 0 Å². The van der Waals surface area contributed by atoms with Gasteiger partial charge in [0.25, 0.3) is 0 Å². The first-order valence-corrected chi connectivity index (χ1v) is 7.92. The topological polar surface area (TPSA) is 42.1 Å². The Morgan fingerprint density at radius 1 is 1.35 bits per heavy atom. The maximum atomic E-state index is 6.03. The van der Waals surface area contributed by atoms with Crippen molar-refractivity contribution in [3.8, 4) is 0 Å². The molecule has 0 saturated carbocycles. The molecule has 2 N–H and O–H groups in total. The number of rotatable bonds is 6. The summed E-state index contributed by atoms with van der Waals surface area (Å²) in [4.78, 5) is 6.83. The molecule has 0 fully saturated rings. The highest BCUT2D eigenvalue weighted by atomic mass is 32.1. The van der Waals surface area contributed by atoms with E-state index in [1.807, 2.05) is 6.92 Å². The average molecular weight is 289 g/mol. The van der Waals surface area contributed by atoms with Crippen molar-refractivity contribution < 1.29 is 0 Å². The van der Waals surface area contributed by atoms with Crippen LogP contribution in [-0.2, 0) is 13.0 Å². The second kappa shape index (κ2) is 6.97. The number of hydrogen-bond donors (Lipinski definition) is 1. The minimum atomic E-state index is 0.244. The maximum absolute atomic E-state index is 6.03. The molecule has 1 heterocycles. The summed E-state index contributed by atoms with van der Waals surface area (Å²) in [5, 5.41) is 3.25. The predicted octanol–water partition coefficient (Wildman–Crippen LogP) is 3.15. The minimum absolute atomic E-state index is 0.244. The minimum Gasteiger partial charge on any atom is -0.329 e. The third kappa shape index (κ3) is 3.45. The Labute approximate surface area is 125 Å². The molecule has 0 spiro atoms.